The van der Waals surface area contributed by atoms with Crippen LogP contribution < -0.4 is 0 Å². The van der Waals surface area contributed by atoms with E-state index in [0.29, 0.717) is 19.4 Å². The van der Waals surface area contributed by atoms with E-state index in [2.05, 4.69) is 10.2 Å². The quantitative estimate of drug-likeness (QED) is 0.841. The fourth-order valence-corrected chi connectivity index (χ4v) is 3.29. The molecular weight excluding hydrogens is 318 g/mol. The summed E-state index contributed by atoms with van der Waals surface area (Å²) in [5.74, 6) is 0. The summed E-state index contributed by atoms with van der Waals surface area (Å²) in [7, 11) is 0. The Morgan fingerprint density at radius 2 is 2.12 bits per heavy atom. The minimum Gasteiger partial charge on any atom is -0.443 e. The zero-order valence-corrected chi connectivity index (χ0v) is 14.7. The topological polar surface area (TPSA) is 78.5 Å². The molecule has 0 bridgehead atoms. The van der Waals surface area contributed by atoms with Crippen molar-refractivity contribution in [3.05, 3.63) is 42.1 Å². The van der Waals surface area contributed by atoms with E-state index in [1.54, 1.807) is 11.1 Å². The normalized spacial score (nSPS) is 21.9. The molecule has 25 heavy (non-hydrogen) atoms. The number of aromatic nitrogens is 2. The number of benzene rings is 1. The van der Waals surface area contributed by atoms with E-state index >= 15 is 0 Å². The fraction of sp³-hybridized carbons (Fsp3) is 0.474. The number of rotatable bonds is 6. The number of amides is 1. The Kier molecular flexibility index (Phi) is 5.08. The van der Waals surface area contributed by atoms with E-state index in [1.165, 1.54) is 0 Å². The highest BCUT2D eigenvalue weighted by Gasteiger charge is 2.38. The summed E-state index contributed by atoms with van der Waals surface area (Å²) in [4.78, 5) is 14.2. The molecule has 1 aromatic heterocycles. The van der Waals surface area contributed by atoms with Crippen LogP contribution in [0, 0.1) is 0 Å². The molecule has 2 unspecified atom stereocenters. The Balaban J connectivity index is 1.67. The van der Waals surface area contributed by atoms with Gasteiger partial charge in [-0.3, -0.25) is 5.10 Å². The van der Waals surface area contributed by atoms with Crippen LogP contribution in [-0.4, -0.2) is 45.0 Å². The lowest BCUT2D eigenvalue weighted by Crippen LogP contribution is -2.48. The van der Waals surface area contributed by atoms with Crippen LogP contribution in [0.25, 0.3) is 11.3 Å². The van der Waals surface area contributed by atoms with E-state index in [0.717, 1.165) is 23.2 Å². The summed E-state index contributed by atoms with van der Waals surface area (Å²) >= 11 is 0. The van der Waals surface area contributed by atoms with Gasteiger partial charge in [0.15, 0.2) is 0 Å². The number of ether oxygens (including phenoxy) is 1. The number of hydrogen-bond acceptors (Lipinski definition) is 4. The van der Waals surface area contributed by atoms with Crippen LogP contribution in [0.1, 0.15) is 44.7 Å². The summed E-state index contributed by atoms with van der Waals surface area (Å²) in [5, 5.41) is 15.9. The second-order valence-electron chi connectivity index (χ2n) is 6.86. The molecule has 134 valence electrons. The van der Waals surface area contributed by atoms with Gasteiger partial charge in [-0.25, -0.2) is 4.79 Å². The number of carbonyl (C=O) groups is 1. The molecule has 1 aliphatic rings. The van der Waals surface area contributed by atoms with Gasteiger partial charge >= 0.3 is 6.09 Å². The third-order valence-electron chi connectivity index (χ3n) is 4.99. The van der Waals surface area contributed by atoms with Gasteiger partial charge in [0.1, 0.15) is 5.60 Å². The first kappa shape index (κ1) is 17.5. The molecule has 2 N–H and O–H groups in total. The summed E-state index contributed by atoms with van der Waals surface area (Å²) in [6.45, 7) is 4.74. The number of nitrogens with zero attached hydrogens (tertiary/aromatic N) is 2. The Morgan fingerprint density at radius 1 is 1.36 bits per heavy atom. The number of nitrogens with one attached hydrogen (secondary N) is 1. The van der Waals surface area contributed by atoms with Gasteiger partial charge in [-0.15, -0.1) is 0 Å². The highest BCUT2D eigenvalue weighted by atomic mass is 16.6. The second-order valence-corrected chi connectivity index (χ2v) is 6.86. The van der Waals surface area contributed by atoms with E-state index in [9.17, 15) is 4.79 Å². The molecule has 2 atom stereocenters. The van der Waals surface area contributed by atoms with Crippen molar-refractivity contribution in [2.24, 2.45) is 0 Å². The van der Waals surface area contributed by atoms with Gasteiger partial charge in [0.25, 0.3) is 0 Å². The van der Waals surface area contributed by atoms with E-state index < -0.39 is 5.60 Å². The molecule has 0 aliphatic carbocycles. The number of aliphatic hydroxyl groups excluding tert-OH is 1. The molecule has 1 aromatic carbocycles. The van der Waals surface area contributed by atoms with Crippen LogP contribution in [0.4, 0.5) is 4.79 Å². The monoisotopic (exact) mass is 343 g/mol. The Hall–Kier alpha value is -2.34. The lowest BCUT2D eigenvalue weighted by Gasteiger charge is -2.41. The molecular formula is C19H25N3O3. The first-order chi connectivity index (χ1) is 12.0. The van der Waals surface area contributed by atoms with Crippen LogP contribution in [0.5, 0.6) is 0 Å². The number of hydrogen-bond donors (Lipinski definition) is 2. The second kappa shape index (κ2) is 7.27. The molecule has 1 fully saturated rings. The maximum absolute atomic E-state index is 12.5. The van der Waals surface area contributed by atoms with E-state index in [-0.39, 0.29) is 18.7 Å². The maximum atomic E-state index is 12.5. The zero-order chi connectivity index (χ0) is 17.9. The summed E-state index contributed by atoms with van der Waals surface area (Å²) in [6.07, 6.45) is 3.56. The molecule has 0 saturated carbocycles. The summed E-state index contributed by atoms with van der Waals surface area (Å²) < 4.78 is 5.68. The third kappa shape index (κ3) is 3.85. The van der Waals surface area contributed by atoms with Gasteiger partial charge in [0.05, 0.1) is 11.7 Å². The van der Waals surface area contributed by atoms with Crippen LogP contribution in [0.3, 0.4) is 0 Å². The minimum atomic E-state index is -0.472. The molecule has 6 nitrogen and oxygen atoms in total. The predicted molar refractivity (Wildman–Crippen MR) is 95.0 cm³/mol. The molecule has 2 aromatic rings. The summed E-state index contributed by atoms with van der Waals surface area (Å²) in [5.41, 5.74) is 2.63. The largest absolute Gasteiger partial charge is 0.443 e. The van der Waals surface area contributed by atoms with Crippen LogP contribution >= 0.6 is 0 Å². The van der Waals surface area contributed by atoms with Crippen molar-refractivity contribution < 1.29 is 14.6 Å². The number of cyclic esters (lactones) is 1. The first-order valence-corrected chi connectivity index (χ1v) is 8.72. The summed E-state index contributed by atoms with van der Waals surface area (Å²) in [6, 6.07) is 10.0. The highest BCUT2D eigenvalue weighted by Crippen LogP contribution is 2.32. The van der Waals surface area contributed by atoms with E-state index in [4.69, 9.17) is 9.84 Å². The predicted octanol–water partition coefficient (Wildman–Crippen LogP) is 3.51. The third-order valence-corrected chi connectivity index (χ3v) is 4.99. The Labute approximate surface area is 147 Å². The van der Waals surface area contributed by atoms with Crippen molar-refractivity contribution >= 4 is 6.09 Å². The highest BCUT2D eigenvalue weighted by molar-refractivity contribution is 5.70. The lowest BCUT2D eigenvalue weighted by molar-refractivity contribution is -0.0521. The van der Waals surface area contributed by atoms with Crippen LogP contribution in [0.15, 0.2) is 36.5 Å². The number of H-pyrrole nitrogens is 1. The standard InChI is InChI=1S/C19H25N3O3/c1-14(15-4-6-16(7-5-15)17-8-11-20-21-17)22-12-10-19(2,9-3-13-23)25-18(22)24/h4-8,11,14,23H,3,9-10,12-13H2,1-2H3,(H,20,21). The molecule has 0 spiro atoms. The van der Waals surface area contributed by atoms with Crippen LogP contribution in [0.2, 0.25) is 0 Å². The van der Waals surface area contributed by atoms with Crippen molar-refractivity contribution in [3.8, 4) is 11.3 Å². The molecule has 1 saturated heterocycles. The average molecular weight is 343 g/mol. The number of aliphatic hydroxyl groups is 1. The van der Waals surface area contributed by atoms with Crippen molar-refractivity contribution in [2.75, 3.05) is 13.2 Å². The van der Waals surface area contributed by atoms with Crippen LogP contribution in [-0.2, 0) is 4.74 Å². The number of carbonyl (C=O) groups excluding carboxylic acids is 1. The average Bonchev–Trinajstić information content (AvgIpc) is 3.14. The lowest BCUT2D eigenvalue weighted by atomic mass is 9.93. The molecule has 0 radical (unpaired) electrons. The minimum absolute atomic E-state index is 0.0503. The molecule has 1 aliphatic heterocycles. The Bertz CT molecular complexity index is 699. The van der Waals surface area contributed by atoms with Gasteiger partial charge in [-0.1, -0.05) is 24.3 Å². The number of aromatic amines is 1. The van der Waals surface area contributed by atoms with Crippen molar-refractivity contribution in [3.63, 3.8) is 0 Å². The van der Waals surface area contributed by atoms with Gasteiger partial charge in [0, 0.05) is 25.8 Å². The van der Waals surface area contributed by atoms with Gasteiger partial charge < -0.3 is 14.7 Å². The van der Waals surface area contributed by atoms with Gasteiger partial charge in [-0.2, -0.15) is 5.10 Å². The molecule has 1 amide bonds. The molecule has 2 heterocycles. The SMILES string of the molecule is CC(c1ccc(-c2ccn[nH]2)cc1)N1CCC(C)(CCCO)OC1=O. The Morgan fingerprint density at radius 3 is 2.72 bits per heavy atom. The first-order valence-electron chi connectivity index (χ1n) is 8.72. The zero-order valence-electron chi connectivity index (χ0n) is 14.7. The fourth-order valence-electron chi connectivity index (χ4n) is 3.29. The molecule has 6 heteroatoms. The van der Waals surface area contributed by atoms with Crippen molar-refractivity contribution in [2.45, 2.75) is 44.8 Å². The van der Waals surface area contributed by atoms with Crippen molar-refractivity contribution in [1.29, 1.82) is 0 Å². The smallest absolute Gasteiger partial charge is 0.410 e. The van der Waals surface area contributed by atoms with E-state index in [1.807, 2.05) is 44.2 Å². The maximum Gasteiger partial charge on any atom is 0.410 e. The van der Waals surface area contributed by atoms with Crippen molar-refractivity contribution in [1.82, 2.24) is 15.1 Å². The van der Waals surface area contributed by atoms with Gasteiger partial charge in [-0.05, 0) is 43.9 Å². The molecule has 3 rings (SSSR count). The van der Waals surface area contributed by atoms with Gasteiger partial charge in [0.2, 0.25) is 0 Å².